The van der Waals surface area contributed by atoms with Gasteiger partial charge < -0.3 is 10.2 Å². The molecule has 24 heavy (non-hydrogen) atoms. The summed E-state index contributed by atoms with van der Waals surface area (Å²) in [6, 6.07) is 13.3. The van der Waals surface area contributed by atoms with Gasteiger partial charge >= 0.3 is 0 Å². The van der Waals surface area contributed by atoms with Crippen LogP contribution in [0.1, 0.15) is 24.5 Å². The maximum absolute atomic E-state index is 12.2. The first-order chi connectivity index (χ1) is 11.4. The first-order valence-electron chi connectivity index (χ1n) is 7.78. The van der Waals surface area contributed by atoms with E-state index in [0.29, 0.717) is 6.54 Å². The van der Waals surface area contributed by atoms with Crippen molar-refractivity contribution in [2.75, 3.05) is 16.8 Å². The van der Waals surface area contributed by atoms with Crippen molar-refractivity contribution in [1.82, 2.24) is 0 Å². The molecule has 0 radical (unpaired) electrons. The molecule has 0 spiro atoms. The molecule has 0 saturated heterocycles. The Hall–Kier alpha value is -2.14. The lowest BCUT2D eigenvalue weighted by atomic mass is 10.2. The highest BCUT2D eigenvalue weighted by Gasteiger charge is 2.14. The first-order valence-corrected chi connectivity index (χ1v) is 8.57. The number of nitrogens with zero attached hydrogens (tertiary/aromatic N) is 1. The van der Waals surface area contributed by atoms with Crippen molar-refractivity contribution < 1.29 is 9.59 Å². The Morgan fingerprint density at radius 2 is 1.79 bits per heavy atom. The van der Waals surface area contributed by atoms with Crippen LogP contribution in [0.25, 0.3) is 0 Å². The van der Waals surface area contributed by atoms with Crippen molar-refractivity contribution >= 4 is 39.1 Å². The third-order valence-electron chi connectivity index (χ3n) is 3.81. The van der Waals surface area contributed by atoms with E-state index in [9.17, 15) is 9.59 Å². The van der Waals surface area contributed by atoms with Crippen LogP contribution in [0.5, 0.6) is 0 Å². The summed E-state index contributed by atoms with van der Waals surface area (Å²) in [5.74, 6) is -0.190. The number of hydrogen-bond acceptors (Lipinski definition) is 2. The van der Waals surface area contributed by atoms with E-state index in [2.05, 4.69) is 21.2 Å². The van der Waals surface area contributed by atoms with Crippen LogP contribution in [0.2, 0.25) is 0 Å². The highest BCUT2D eigenvalue weighted by atomic mass is 79.9. The molecule has 2 aromatic carbocycles. The van der Waals surface area contributed by atoms with Crippen molar-refractivity contribution in [2.45, 2.75) is 27.2 Å². The summed E-state index contributed by atoms with van der Waals surface area (Å²) in [6.07, 6.45) is 0.239. The number of nitrogens with one attached hydrogen (secondary N) is 1. The molecule has 0 bridgehead atoms. The van der Waals surface area contributed by atoms with Crippen molar-refractivity contribution in [3.8, 4) is 0 Å². The second-order valence-electron chi connectivity index (χ2n) is 5.72. The summed E-state index contributed by atoms with van der Waals surface area (Å²) >= 11 is 3.45. The Bertz CT molecular complexity index is 759. The topological polar surface area (TPSA) is 49.4 Å². The number of amides is 2. The molecule has 0 saturated carbocycles. The number of hydrogen-bond donors (Lipinski definition) is 1. The van der Waals surface area contributed by atoms with Gasteiger partial charge in [0.15, 0.2) is 0 Å². The summed E-state index contributed by atoms with van der Waals surface area (Å²) in [4.78, 5) is 25.8. The van der Waals surface area contributed by atoms with Crippen molar-refractivity contribution in [1.29, 1.82) is 0 Å². The largest absolute Gasteiger partial charge is 0.326 e. The van der Waals surface area contributed by atoms with Gasteiger partial charge in [0.05, 0.1) is 0 Å². The van der Waals surface area contributed by atoms with Gasteiger partial charge in [-0.2, -0.15) is 0 Å². The monoisotopic (exact) mass is 388 g/mol. The van der Waals surface area contributed by atoms with Crippen LogP contribution in [0.3, 0.4) is 0 Å². The fourth-order valence-corrected chi connectivity index (χ4v) is 2.65. The minimum Gasteiger partial charge on any atom is -0.326 e. The molecule has 0 aromatic heterocycles. The molecular weight excluding hydrogens is 368 g/mol. The molecule has 1 N–H and O–H groups in total. The van der Waals surface area contributed by atoms with Gasteiger partial charge in [0.25, 0.3) is 0 Å². The van der Waals surface area contributed by atoms with Gasteiger partial charge in [0.1, 0.15) is 0 Å². The Balaban J connectivity index is 2.03. The smallest absolute Gasteiger partial charge is 0.226 e. The zero-order chi connectivity index (χ0) is 17.7. The molecule has 2 amide bonds. The van der Waals surface area contributed by atoms with Crippen LogP contribution in [-0.4, -0.2) is 18.4 Å². The van der Waals surface area contributed by atoms with Crippen LogP contribution in [0.4, 0.5) is 11.4 Å². The van der Waals surface area contributed by atoms with Crippen LogP contribution < -0.4 is 10.2 Å². The van der Waals surface area contributed by atoms with Crippen molar-refractivity contribution in [3.63, 3.8) is 0 Å². The number of aryl methyl sites for hydroxylation is 2. The molecule has 5 heteroatoms. The minimum atomic E-state index is -0.107. The van der Waals surface area contributed by atoms with Crippen LogP contribution in [-0.2, 0) is 9.59 Å². The minimum absolute atomic E-state index is 0.0829. The number of rotatable bonds is 5. The van der Waals surface area contributed by atoms with Crippen molar-refractivity contribution in [3.05, 3.63) is 58.1 Å². The quantitative estimate of drug-likeness (QED) is 0.822. The number of halogens is 1. The van der Waals surface area contributed by atoms with Gasteiger partial charge in [0.2, 0.25) is 11.8 Å². The zero-order valence-corrected chi connectivity index (χ0v) is 15.7. The number of anilines is 2. The first kappa shape index (κ1) is 18.2. The van der Waals surface area contributed by atoms with E-state index < -0.39 is 0 Å². The fourth-order valence-electron chi connectivity index (χ4n) is 2.40. The normalized spacial score (nSPS) is 10.3. The maximum Gasteiger partial charge on any atom is 0.226 e. The second-order valence-corrected chi connectivity index (χ2v) is 6.57. The molecule has 0 aliphatic carbocycles. The Labute approximate surface area is 151 Å². The molecule has 0 aliphatic heterocycles. The maximum atomic E-state index is 12.2. The Morgan fingerprint density at radius 3 is 2.42 bits per heavy atom. The molecule has 0 heterocycles. The molecule has 2 aromatic rings. The van der Waals surface area contributed by atoms with E-state index in [1.165, 1.54) is 6.92 Å². The van der Waals surface area contributed by atoms with Crippen molar-refractivity contribution in [2.24, 2.45) is 0 Å². The van der Waals surface area contributed by atoms with Gasteiger partial charge in [-0.3, -0.25) is 9.59 Å². The van der Waals surface area contributed by atoms with Gasteiger partial charge in [-0.1, -0.05) is 34.1 Å². The lowest BCUT2D eigenvalue weighted by Gasteiger charge is -2.22. The molecule has 0 fully saturated rings. The molecule has 4 nitrogen and oxygen atoms in total. The molecule has 126 valence electrons. The molecule has 0 aliphatic rings. The van der Waals surface area contributed by atoms with Gasteiger partial charge in [-0.05, 0) is 49.2 Å². The van der Waals surface area contributed by atoms with E-state index >= 15 is 0 Å². The molecule has 0 atom stereocenters. The number of carbonyl (C=O) groups is 2. The summed E-state index contributed by atoms with van der Waals surface area (Å²) < 4.78 is 0.993. The SMILES string of the molecule is CC(=O)N(CCC(=O)Nc1ccccc1C)c1ccc(Br)c(C)c1. The predicted octanol–water partition coefficient (Wildman–Crippen LogP) is 4.45. The lowest BCUT2D eigenvalue weighted by Crippen LogP contribution is -2.32. The van der Waals surface area contributed by atoms with E-state index in [4.69, 9.17) is 0 Å². The van der Waals surface area contributed by atoms with Gasteiger partial charge in [0, 0.05) is 35.7 Å². The van der Waals surface area contributed by atoms with E-state index in [0.717, 1.165) is 27.0 Å². The highest BCUT2D eigenvalue weighted by molar-refractivity contribution is 9.10. The van der Waals surface area contributed by atoms with E-state index in [1.807, 2.05) is 56.3 Å². The van der Waals surface area contributed by atoms with Gasteiger partial charge in [-0.15, -0.1) is 0 Å². The lowest BCUT2D eigenvalue weighted by molar-refractivity contribution is -0.117. The highest BCUT2D eigenvalue weighted by Crippen LogP contribution is 2.23. The summed E-state index contributed by atoms with van der Waals surface area (Å²) in [6.45, 7) is 5.77. The number of benzene rings is 2. The summed E-state index contributed by atoms with van der Waals surface area (Å²) in [5, 5.41) is 2.89. The third kappa shape index (κ3) is 4.68. The summed E-state index contributed by atoms with van der Waals surface area (Å²) in [5.41, 5.74) is 3.66. The molecule has 2 rings (SSSR count). The third-order valence-corrected chi connectivity index (χ3v) is 4.70. The molecule has 0 unspecified atom stereocenters. The fraction of sp³-hybridized carbons (Fsp3) is 0.263. The predicted molar refractivity (Wildman–Crippen MR) is 101 cm³/mol. The van der Waals surface area contributed by atoms with Crippen LogP contribution in [0, 0.1) is 13.8 Å². The molecular formula is C19H21BrN2O2. The Morgan fingerprint density at radius 1 is 1.08 bits per heavy atom. The second kappa shape index (κ2) is 8.11. The zero-order valence-electron chi connectivity index (χ0n) is 14.1. The van der Waals surface area contributed by atoms with E-state index in [-0.39, 0.29) is 18.2 Å². The number of carbonyl (C=O) groups excluding carboxylic acids is 2. The number of para-hydroxylation sites is 1. The summed E-state index contributed by atoms with van der Waals surface area (Å²) in [7, 11) is 0. The Kier molecular flexibility index (Phi) is 6.15. The average molecular weight is 389 g/mol. The van der Waals surface area contributed by atoms with Crippen LogP contribution >= 0.6 is 15.9 Å². The standard InChI is InChI=1S/C19H21BrN2O2/c1-13-6-4-5-7-18(13)21-19(24)10-11-22(15(3)23)16-8-9-17(20)14(2)12-16/h4-9,12H,10-11H2,1-3H3,(H,21,24). The average Bonchev–Trinajstić information content (AvgIpc) is 2.53. The van der Waals surface area contributed by atoms with E-state index in [1.54, 1.807) is 4.90 Å². The van der Waals surface area contributed by atoms with Crippen LogP contribution in [0.15, 0.2) is 46.9 Å². The van der Waals surface area contributed by atoms with Gasteiger partial charge in [-0.25, -0.2) is 0 Å².